The van der Waals surface area contributed by atoms with Crippen molar-refractivity contribution in [3.8, 4) is 0 Å². The quantitative estimate of drug-likeness (QED) is 0.459. The second-order valence-electron chi connectivity index (χ2n) is 7.18. The third-order valence-electron chi connectivity index (χ3n) is 5.28. The second-order valence-corrected chi connectivity index (χ2v) is 8.10. The van der Waals surface area contributed by atoms with E-state index in [1.165, 1.54) is 0 Å². The summed E-state index contributed by atoms with van der Waals surface area (Å²) in [5, 5.41) is 5.00. The van der Waals surface area contributed by atoms with Gasteiger partial charge in [-0.3, -0.25) is 9.59 Å². The van der Waals surface area contributed by atoms with Crippen LogP contribution in [0.1, 0.15) is 6.42 Å². The smallest absolute Gasteiger partial charge is 0.229 e. The van der Waals surface area contributed by atoms with Crippen molar-refractivity contribution in [2.24, 2.45) is 5.92 Å². The Kier molecular flexibility index (Phi) is 4.36. The molecule has 2 amide bonds. The number of carbonyl (C=O) groups excluding carboxylic acids is 2. The molecule has 2 heterocycles. The summed E-state index contributed by atoms with van der Waals surface area (Å²) in [5.74, 6) is -0.592. The number of carbonyl (C=O) groups is 2. The Bertz CT molecular complexity index is 1250. The molecule has 0 aliphatic carbocycles. The number of amides is 2. The highest BCUT2D eigenvalue weighted by Crippen LogP contribution is 2.31. The monoisotopic (exact) mass is 448 g/mol. The van der Waals surface area contributed by atoms with E-state index in [1.54, 1.807) is 4.90 Å². The van der Waals surface area contributed by atoms with Crippen LogP contribution in [0.4, 0.5) is 11.4 Å². The molecule has 1 aromatic heterocycles. The summed E-state index contributed by atoms with van der Waals surface area (Å²) in [6, 6.07) is 21.0. The van der Waals surface area contributed by atoms with Gasteiger partial charge in [-0.25, -0.2) is 0 Å². The summed E-state index contributed by atoms with van der Waals surface area (Å²) in [6.07, 6.45) is 0.203. The zero-order valence-corrected chi connectivity index (χ0v) is 17.0. The van der Waals surface area contributed by atoms with Gasteiger partial charge in [0.25, 0.3) is 0 Å². The number of benzene rings is 3. The molecule has 1 aliphatic rings. The highest BCUT2D eigenvalue weighted by Gasteiger charge is 2.35. The first-order valence-electron chi connectivity index (χ1n) is 9.36. The van der Waals surface area contributed by atoms with E-state index < -0.39 is 5.92 Å². The third kappa shape index (κ3) is 3.29. The SMILES string of the molecule is O=C(Nc1ccc2c(c1)oc1ccccc12)[C@H]1CC(=O)N(c2ccc(Br)cc2)C1. The van der Waals surface area contributed by atoms with Crippen LogP contribution in [-0.4, -0.2) is 18.4 Å². The zero-order valence-electron chi connectivity index (χ0n) is 15.4. The van der Waals surface area contributed by atoms with Crippen molar-refractivity contribution in [3.05, 3.63) is 71.2 Å². The van der Waals surface area contributed by atoms with Crippen LogP contribution in [0, 0.1) is 5.92 Å². The Labute approximate surface area is 175 Å². The van der Waals surface area contributed by atoms with Crippen LogP contribution in [-0.2, 0) is 9.59 Å². The molecule has 1 fully saturated rings. The lowest BCUT2D eigenvalue weighted by atomic mass is 10.1. The van der Waals surface area contributed by atoms with E-state index in [9.17, 15) is 9.59 Å². The predicted molar refractivity (Wildman–Crippen MR) is 117 cm³/mol. The molecular weight excluding hydrogens is 432 g/mol. The number of hydrogen-bond acceptors (Lipinski definition) is 3. The molecular formula is C23H17BrN2O3. The molecule has 1 aliphatic heterocycles. The number of hydrogen-bond donors (Lipinski definition) is 1. The Balaban J connectivity index is 1.34. The highest BCUT2D eigenvalue weighted by molar-refractivity contribution is 9.10. The van der Waals surface area contributed by atoms with Gasteiger partial charge in [0, 0.05) is 45.7 Å². The van der Waals surface area contributed by atoms with Gasteiger partial charge in [-0.2, -0.15) is 0 Å². The van der Waals surface area contributed by atoms with Gasteiger partial charge in [0.2, 0.25) is 11.8 Å². The first-order valence-corrected chi connectivity index (χ1v) is 10.2. The largest absolute Gasteiger partial charge is 0.456 e. The summed E-state index contributed by atoms with van der Waals surface area (Å²) >= 11 is 3.39. The number of anilines is 2. The second kappa shape index (κ2) is 7.04. The van der Waals surface area contributed by atoms with Crippen LogP contribution in [0.3, 0.4) is 0 Å². The van der Waals surface area contributed by atoms with E-state index in [-0.39, 0.29) is 18.2 Å². The summed E-state index contributed by atoms with van der Waals surface area (Å²) in [7, 11) is 0. The first-order chi connectivity index (χ1) is 14.1. The molecule has 0 bridgehead atoms. The van der Waals surface area contributed by atoms with Gasteiger partial charge in [-0.15, -0.1) is 0 Å². The van der Waals surface area contributed by atoms with Crippen LogP contribution in [0.2, 0.25) is 0 Å². The number of fused-ring (bicyclic) bond motifs is 3. The Morgan fingerprint density at radius 3 is 2.59 bits per heavy atom. The topological polar surface area (TPSA) is 62.6 Å². The molecule has 5 rings (SSSR count). The number of rotatable bonds is 3. The van der Waals surface area contributed by atoms with E-state index in [0.29, 0.717) is 12.2 Å². The van der Waals surface area contributed by atoms with E-state index in [0.717, 1.165) is 32.1 Å². The molecule has 0 radical (unpaired) electrons. The maximum Gasteiger partial charge on any atom is 0.229 e. The van der Waals surface area contributed by atoms with Crippen LogP contribution < -0.4 is 10.2 Å². The standard InChI is InChI=1S/C23H17BrN2O3/c24-15-5-8-17(9-6-15)26-13-14(11-22(26)27)23(28)25-16-7-10-19-18-3-1-2-4-20(18)29-21(19)12-16/h1-10,12,14H,11,13H2,(H,25,28)/t14-/m0/s1. The Morgan fingerprint density at radius 2 is 1.76 bits per heavy atom. The molecule has 0 saturated carbocycles. The molecule has 1 saturated heterocycles. The fourth-order valence-electron chi connectivity index (χ4n) is 3.80. The van der Waals surface area contributed by atoms with Crippen LogP contribution in [0.5, 0.6) is 0 Å². The Hall–Kier alpha value is -3.12. The first kappa shape index (κ1) is 17.9. The van der Waals surface area contributed by atoms with Crippen molar-refractivity contribution < 1.29 is 14.0 Å². The molecule has 4 aromatic rings. The zero-order chi connectivity index (χ0) is 20.0. The minimum Gasteiger partial charge on any atom is -0.456 e. The van der Waals surface area contributed by atoms with Crippen LogP contribution >= 0.6 is 15.9 Å². The summed E-state index contributed by atoms with van der Waals surface area (Å²) < 4.78 is 6.83. The van der Waals surface area contributed by atoms with Crippen molar-refractivity contribution >= 4 is 61.1 Å². The van der Waals surface area contributed by atoms with Gasteiger partial charge in [-0.05, 0) is 42.5 Å². The van der Waals surface area contributed by atoms with E-state index in [4.69, 9.17) is 4.42 Å². The lowest BCUT2D eigenvalue weighted by molar-refractivity contribution is -0.122. The normalized spacial score (nSPS) is 16.7. The average molecular weight is 449 g/mol. The number of nitrogens with one attached hydrogen (secondary N) is 1. The fourth-order valence-corrected chi connectivity index (χ4v) is 4.07. The fraction of sp³-hybridized carbons (Fsp3) is 0.130. The molecule has 1 N–H and O–H groups in total. The predicted octanol–water partition coefficient (Wildman–Crippen LogP) is 5.34. The molecule has 6 heteroatoms. The van der Waals surface area contributed by atoms with Crippen LogP contribution in [0.15, 0.2) is 75.6 Å². The van der Waals surface area contributed by atoms with Gasteiger partial charge >= 0.3 is 0 Å². The van der Waals surface area contributed by atoms with Gasteiger partial charge in [0.15, 0.2) is 0 Å². The van der Waals surface area contributed by atoms with Gasteiger partial charge in [0.1, 0.15) is 11.2 Å². The maximum absolute atomic E-state index is 12.8. The Morgan fingerprint density at radius 1 is 1.00 bits per heavy atom. The number of para-hydroxylation sites is 1. The van der Waals surface area contributed by atoms with Crippen molar-refractivity contribution in [2.75, 3.05) is 16.8 Å². The molecule has 3 aromatic carbocycles. The number of nitrogens with zero attached hydrogens (tertiary/aromatic N) is 1. The van der Waals surface area contributed by atoms with Crippen molar-refractivity contribution in [2.45, 2.75) is 6.42 Å². The minimum absolute atomic E-state index is 0.0415. The van der Waals surface area contributed by atoms with E-state index >= 15 is 0 Å². The average Bonchev–Trinajstić information content (AvgIpc) is 3.29. The maximum atomic E-state index is 12.8. The molecule has 0 spiro atoms. The molecule has 29 heavy (non-hydrogen) atoms. The number of halogens is 1. The molecule has 144 valence electrons. The van der Waals surface area contributed by atoms with Gasteiger partial charge in [0.05, 0.1) is 5.92 Å². The lowest BCUT2D eigenvalue weighted by Gasteiger charge is -2.16. The highest BCUT2D eigenvalue weighted by atomic mass is 79.9. The van der Waals surface area contributed by atoms with E-state index in [1.807, 2.05) is 66.7 Å². The van der Waals surface area contributed by atoms with Crippen molar-refractivity contribution in [1.82, 2.24) is 0 Å². The van der Waals surface area contributed by atoms with E-state index in [2.05, 4.69) is 21.2 Å². The molecule has 0 unspecified atom stereocenters. The number of furan rings is 1. The summed E-state index contributed by atoms with van der Waals surface area (Å²) in [4.78, 5) is 26.9. The van der Waals surface area contributed by atoms with Crippen molar-refractivity contribution in [3.63, 3.8) is 0 Å². The van der Waals surface area contributed by atoms with Gasteiger partial charge < -0.3 is 14.6 Å². The minimum atomic E-state index is -0.391. The molecule has 5 nitrogen and oxygen atoms in total. The third-order valence-corrected chi connectivity index (χ3v) is 5.81. The summed E-state index contributed by atoms with van der Waals surface area (Å²) in [6.45, 7) is 0.374. The van der Waals surface area contributed by atoms with Gasteiger partial charge in [-0.1, -0.05) is 34.1 Å². The lowest BCUT2D eigenvalue weighted by Crippen LogP contribution is -2.28. The van der Waals surface area contributed by atoms with Crippen LogP contribution in [0.25, 0.3) is 21.9 Å². The summed E-state index contributed by atoms with van der Waals surface area (Å²) in [5.41, 5.74) is 3.01. The molecule has 1 atom stereocenters. The van der Waals surface area contributed by atoms with Crippen molar-refractivity contribution in [1.29, 1.82) is 0 Å².